The molecule has 0 saturated carbocycles. The molecule has 1 fully saturated rings. The molecule has 0 bridgehead atoms. The predicted octanol–water partition coefficient (Wildman–Crippen LogP) is 2.97. The van der Waals surface area contributed by atoms with Crippen molar-refractivity contribution in [1.29, 1.82) is 0 Å². The van der Waals surface area contributed by atoms with Crippen molar-refractivity contribution in [2.45, 2.75) is 39.2 Å². The van der Waals surface area contributed by atoms with Gasteiger partial charge in [-0.2, -0.15) is 0 Å². The summed E-state index contributed by atoms with van der Waals surface area (Å²) >= 11 is 5.26. The van der Waals surface area contributed by atoms with Crippen molar-refractivity contribution < 1.29 is 9.53 Å². The molecule has 1 aliphatic heterocycles. The summed E-state index contributed by atoms with van der Waals surface area (Å²) in [6.07, 6.45) is 3.40. The first kappa shape index (κ1) is 15.8. The molecule has 114 valence electrons. The SMILES string of the molecule is CCC(C)Oc1ccc(C(=O)NC(=S)N2CCCC2)cc1. The van der Waals surface area contributed by atoms with Crippen LogP contribution in [0.3, 0.4) is 0 Å². The van der Waals surface area contributed by atoms with Gasteiger partial charge in [0.1, 0.15) is 5.75 Å². The van der Waals surface area contributed by atoms with Gasteiger partial charge in [0.25, 0.3) is 5.91 Å². The van der Waals surface area contributed by atoms with Crippen LogP contribution in [0.5, 0.6) is 5.75 Å². The van der Waals surface area contributed by atoms with E-state index in [1.807, 2.05) is 24.0 Å². The fourth-order valence-corrected chi connectivity index (χ4v) is 2.44. The van der Waals surface area contributed by atoms with Gasteiger partial charge in [-0.3, -0.25) is 10.1 Å². The molecule has 1 saturated heterocycles. The van der Waals surface area contributed by atoms with Gasteiger partial charge >= 0.3 is 0 Å². The highest BCUT2D eigenvalue weighted by atomic mass is 32.1. The maximum absolute atomic E-state index is 12.1. The van der Waals surface area contributed by atoms with E-state index in [1.165, 1.54) is 0 Å². The fourth-order valence-electron chi connectivity index (χ4n) is 2.17. The van der Waals surface area contributed by atoms with E-state index in [0.717, 1.165) is 38.1 Å². The number of ether oxygens (including phenoxy) is 1. The van der Waals surface area contributed by atoms with Crippen LogP contribution in [0.4, 0.5) is 0 Å². The van der Waals surface area contributed by atoms with Crippen LogP contribution in [-0.2, 0) is 0 Å². The number of likely N-dealkylation sites (tertiary alicyclic amines) is 1. The molecule has 1 aromatic rings. The molecule has 0 aliphatic carbocycles. The van der Waals surface area contributed by atoms with Crippen molar-refractivity contribution in [2.75, 3.05) is 13.1 Å². The highest BCUT2D eigenvalue weighted by molar-refractivity contribution is 7.80. The number of amides is 1. The Kier molecular flexibility index (Phi) is 5.56. The Morgan fingerprint density at radius 3 is 2.52 bits per heavy atom. The minimum absolute atomic E-state index is 0.165. The lowest BCUT2D eigenvalue weighted by molar-refractivity contribution is 0.0974. The third-order valence-corrected chi connectivity index (χ3v) is 4.00. The molecule has 0 radical (unpaired) electrons. The van der Waals surface area contributed by atoms with E-state index in [2.05, 4.69) is 12.2 Å². The zero-order chi connectivity index (χ0) is 15.2. The van der Waals surface area contributed by atoms with Gasteiger partial charge in [0.2, 0.25) is 0 Å². The average Bonchev–Trinajstić information content (AvgIpc) is 3.02. The summed E-state index contributed by atoms with van der Waals surface area (Å²) in [5.74, 6) is 0.616. The Bertz CT molecular complexity index is 496. The van der Waals surface area contributed by atoms with Gasteiger partial charge < -0.3 is 9.64 Å². The van der Waals surface area contributed by atoms with E-state index < -0.39 is 0 Å². The Hall–Kier alpha value is -1.62. The van der Waals surface area contributed by atoms with Gasteiger partial charge in [-0.25, -0.2) is 0 Å². The van der Waals surface area contributed by atoms with E-state index in [9.17, 15) is 4.79 Å². The number of benzene rings is 1. The van der Waals surface area contributed by atoms with Crippen LogP contribution in [-0.4, -0.2) is 35.1 Å². The minimum Gasteiger partial charge on any atom is -0.491 e. The molecule has 21 heavy (non-hydrogen) atoms. The lowest BCUT2D eigenvalue weighted by Crippen LogP contribution is -2.41. The number of rotatable bonds is 4. The normalized spacial score (nSPS) is 15.6. The summed E-state index contributed by atoms with van der Waals surface area (Å²) in [6.45, 7) is 5.96. The standard InChI is InChI=1S/C16H22N2O2S/c1-3-12(2)20-14-8-6-13(7-9-14)15(19)17-16(21)18-10-4-5-11-18/h6-9,12H,3-5,10-11H2,1-2H3,(H,17,19,21). The number of hydrogen-bond donors (Lipinski definition) is 1. The largest absolute Gasteiger partial charge is 0.491 e. The summed E-state index contributed by atoms with van der Waals surface area (Å²) in [7, 11) is 0. The lowest BCUT2D eigenvalue weighted by atomic mass is 10.2. The topological polar surface area (TPSA) is 41.6 Å². The summed E-state index contributed by atoms with van der Waals surface area (Å²) in [5, 5.41) is 3.31. The van der Waals surface area contributed by atoms with Gasteiger partial charge in [-0.05, 0) is 62.7 Å². The molecule has 1 unspecified atom stereocenters. The summed E-state index contributed by atoms with van der Waals surface area (Å²) < 4.78 is 5.69. The molecule has 1 heterocycles. The number of hydrogen-bond acceptors (Lipinski definition) is 3. The van der Waals surface area contributed by atoms with Gasteiger partial charge in [0.05, 0.1) is 6.10 Å². The fraction of sp³-hybridized carbons (Fsp3) is 0.500. The van der Waals surface area contributed by atoms with Crippen LogP contribution in [0.15, 0.2) is 24.3 Å². The van der Waals surface area contributed by atoms with E-state index in [1.54, 1.807) is 12.1 Å². The minimum atomic E-state index is -0.165. The van der Waals surface area contributed by atoms with Gasteiger partial charge in [0, 0.05) is 18.7 Å². The van der Waals surface area contributed by atoms with Gasteiger partial charge in [0.15, 0.2) is 5.11 Å². The average molecular weight is 306 g/mol. The lowest BCUT2D eigenvalue weighted by Gasteiger charge is -2.18. The molecular formula is C16H22N2O2S. The monoisotopic (exact) mass is 306 g/mol. The maximum atomic E-state index is 12.1. The molecule has 4 nitrogen and oxygen atoms in total. The number of nitrogens with one attached hydrogen (secondary N) is 1. The maximum Gasteiger partial charge on any atom is 0.257 e. The molecule has 0 spiro atoms. The Morgan fingerprint density at radius 1 is 1.33 bits per heavy atom. The van der Waals surface area contributed by atoms with E-state index in [0.29, 0.717) is 10.7 Å². The predicted molar refractivity (Wildman–Crippen MR) is 87.7 cm³/mol. The molecule has 2 rings (SSSR count). The zero-order valence-corrected chi connectivity index (χ0v) is 13.4. The third-order valence-electron chi connectivity index (χ3n) is 3.64. The van der Waals surface area contributed by atoms with Crippen LogP contribution in [0.1, 0.15) is 43.5 Å². The van der Waals surface area contributed by atoms with Crippen molar-refractivity contribution in [3.8, 4) is 5.75 Å². The Balaban J connectivity index is 1.91. The van der Waals surface area contributed by atoms with Crippen molar-refractivity contribution in [1.82, 2.24) is 10.2 Å². The highest BCUT2D eigenvalue weighted by Gasteiger charge is 2.17. The Labute approximate surface area is 131 Å². The van der Waals surface area contributed by atoms with Crippen molar-refractivity contribution in [2.24, 2.45) is 0 Å². The number of thiocarbonyl (C=S) groups is 1. The first-order valence-corrected chi connectivity index (χ1v) is 7.88. The smallest absolute Gasteiger partial charge is 0.257 e. The van der Waals surface area contributed by atoms with Crippen molar-refractivity contribution in [3.05, 3.63) is 29.8 Å². The van der Waals surface area contributed by atoms with Gasteiger partial charge in [-0.1, -0.05) is 6.92 Å². The molecule has 5 heteroatoms. The molecule has 1 atom stereocenters. The van der Waals surface area contributed by atoms with Crippen molar-refractivity contribution >= 4 is 23.2 Å². The molecule has 0 aromatic heterocycles. The summed E-state index contributed by atoms with van der Waals surface area (Å²) in [6, 6.07) is 7.17. The van der Waals surface area contributed by atoms with Crippen LogP contribution < -0.4 is 10.1 Å². The van der Waals surface area contributed by atoms with Crippen LogP contribution in [0.2, 0.25) is 0 Å². The van der Waals surface area contributed by atoms with E-state index in [4.69, 9.17) is 17.0 Å². The van der Waals surface area contributed by atoms with Crippen LogP contribution >= 0.6 is 12.2 Å². The second-order valence-corrected chi connectivity index (χ2v) is 5.70. The number of carbonyl (C=O) groups excluding carboxylic acids is 1. The Morgan fingerprint density at radius 2 is 1.95 bits per heavy atom. The first-order chi connectivity index (χ1) is 10.1. The van der Waals surface area contributed by atoms with Crippen molar-refractivity contribution in [3.63, 3.8) is 0 Å². The highest BCUT2D eigenvalue weighted by Crippen LogP contribution is 2.15. The number of nitrogens with zero attached hydrogens (tertiary/aromatic N) is 1. The third kappa shape index (κ3) is 4.43. The van der Waals surface area contributed by atoms with Crippen LogP contribution in [0.25, 0.3) is 0 Å². The molecule has 1 aromatic carbocycles. The number of carbonyl (C=O) groups is 1. The quantitative estimate of drug-likeness (QED) is 0.868. The second kappa shape index (κ2) is 7.41. The summed E-state index contributed by atoms with van der Waals surface area (Å²) in [4.78, 5) is 14.2. The van der Waals surface area contributed by atoms with E-state index in [-0.39, 0.29) is 12.0 Å². The molecule has 1 N–H and O–H groups in total. The van der Waals surface area contributed by atoms with E-state index >= 15 is 0 Å². The summed E-state index contributed by atoms with van der Waals surface area (Å²) in [5.41, 5.74) is 0.591. The van der Waals surface area contributed by atoms with Crippen LogP contribution in [0, 0.1) is 0 Å². The molecular weight excluding hydrogens is 284 g/mol. The first-order valence-electron chi connectivity index (χ1n) is 7.47. The second-order valence-electron chi connectivity index (χ2n) is 5.31. The molecule has 1 aliphatic rings. The molecule has 1 amide bonds. The van der Waals surface area contributed by atoms with Gasteiger partial charge in [-0.15, -0.1) is 0 Å². The zero-order valence-electron chi connectivity index (χ0n) is 12.6.